The van der Waals surface area contributed by atoms with Crippen molar-refractivity contribution in [2.24, 2.45) is 0 Å². The maximum absolute atomic E-state index is 13.4. The Morgan fingerprint density at radius 1 is 1.10 bits per heavy atom. The number of benzene rings is 2. The van der Waals surface area contributed by atoms with Gasteiger partial charge in [-0.05, 0) is 80.3 Å². The first-order chi connectivity index (χ1) is 15.2. The van der Waals surface area contributed by atoms with Gasteiger partial charge in [0, 0.05) is 29.7 Å². The summed E-state index contributed by atoms with van der Waals surface area (Å²) in [6.45, 7) is 3.60. The Kier molecular flexibility index (Phi) is 5.54. The predicted molar refractivity (Wildman–Crippen MR) is 126 cm³/mol. The van der Waals surface area contributed by atoms with Gasteiger partial charge in [-0.2, -0.15) is 0 Å². The summed E-state index contributed by atoms with van der Waals surface area (Å²) in [5.41, 5.74) is 5.67. The van der Waals surface area contributed by atoms with E-state index in [0.29, 0.717) is 12.2 Å². The molecule has 0 bridgehead atoms. The molecule has 4 heteroatoms. The van der Waals surface area contributed by atoms with Gasteiger partial charge in [-0.3, -0.25) is 4.79 Å². The van der Waals surface area contributed by atoms with Crippen molar-refractivity contribution in [2.45, 2.75) is 57.5 Å². The van der Waals surface area contributed by atoms with Gasteiger partial charge in [-0.25, -0.2) is 0 Å². The SMILES string of the molecule is CCN(C(=O)c1cc2cc(C3CC3)ccc2[nH]1)[C@@H]1C=C(NCc2ccccc2)CCC1. The van der Waals surface area contributed by atoms with Crippen LogP contribution in [0.15, 0.2) is 66.4 Å². The van der Waals surface area contributed by atoms with Crippen LogP contribution in [0.2, 0.25) is 0 Å². The lowest BCUT2D eigenvalue weighted by Crippen LogP contribution is -2.41. The summed E-state index contributed by atoms with van der Waals surface area (Å²) in [6, 6.07) is 19.2. The summed E-state index contributed by atoms with van der Waals surface area (Å²) < 4.78 is 0. The van der Waals surface area contributed by atoms with Gasteiger partial charge in [0.1, 0.15) is 5.69 Å². The number of H-pyrrole nitrogens is 1. The Balaban J connectivity index is 1.31. The number of nitrogens with one attached hydrogen (secondary N) is 2. The third-order valence-electron chi connectivity index (χ3n) is 6.63. The van der Waals surface area contributed by atoms with Crippen molar-refractivity contribution in [1.29, 1.82) is 0 Å². The lowest BCUT2D eigenvalue weighted by molar-refractivity contribution is 0.0706. The Bertz CT molecular complexity index is 1090. The molecule has 1 aromatic heterocycles. The Morgan fingerprint density at radius 2 is 1.94 bits per heavy atom. The molecule has 5 rings (SSSR count). The molecule has 1 atom stereocenters. The van der Waals surface area contributed by atoms with Crippen LogP contribution in [0.4, 0.5) is 0 Å². The van der Waals surface area contributed by atoms with Gasteiger partial charge in [0.25, 0.3) is 5.91 Å². The number of hydrogen-bond acceptors (Lipinski definition) is 2. The molecule has 2 aliphatic rings. The summed E-state index contributed by atoms with van der Waals surface area (Å²) >= 11 is 0. The summed E-state index contributed by atoms with van der Waals surface area (Å²) in [5, 5.41) is 4.73. The van der Waals surface area contributed by atoms with Crippen LogP contribution < -0.4 is 5.32 Å². The normalized spacial score (nSPS) is 18.6. The number of hydrogen-bond donors (Lipinski definition) is 2. The summed E-state index contributed by atoms with van der Waals surface area (Å²) in [6.07, 6.45) is 8.01. The number of carbonyl (C=O) groups excluding carboxylic acids is 1. The minimum Gasteiger partial charge on any atom is -0.384 e. The van der Waals surface area contributed by atoms with E-state index < -0.39 is 0 Å². The van der Waals surface area contributed by atoms with Gasteiger partial charge in [-0.1, -0.05) is 36.4 Å². The quantitative estimate of drug-likeness (QED) is 0.519. The standard InChI is InChI=1S/C27H31N3O/c1-2-30(24-10-6-9-23(17-24)28-18-19-7-4-3-5-8-19)27(31)26-16-22-15-21(20-11-12-20)13-14-25(22)29-26/h3-5,7-8,13-17,20,24,28-29H,2,6,9-12,18H2,1H3/t24-/m0/s1. The minimum atomic E-state index is 0.0947. The fraction of sp³-hybridized carbons (Fsp3) is 0.370. The molecule has 4 nitrogen and oxygen atoms in total. The van der Waals surface area contributed by atoms with Gasteiger partial charge in [0.05, 0.1) is 6.04 Å². The molecule has 2 aliphatic carbocycles. The zero-order chi connectivity index (χ0) is 21.2. The Morgan fingerprint density at radius 3 is 2.71 bits per heavy atom. The van der Waals surface area contributed by atoms with Gasteiger partial charge in [-0.15, -0.1) is 0 Å². The van der Waals surface area contributed by atoms with E-state index in [1.165, 1.54) is 29.7 Å². The van der Waals surface area contributed by atoms with Crippen molar-refractivity contribution >= 4 is 16.8 Å². The minimum absolute atomic E-state index is 0.0947. The Hall–Kier alpha value is -3.01. The summed E-state index contributed by atoms with van der Waals surface area (Å²) in [4.78, 5) is 18.8. The van der Waals surface area contributed by atoms with Crippen LogP contribution in [0.5, 0.6) is 0 Å². The van der Waals surface area contributed by atoms with Crippen molar-refractivity contribution in [1.82, 2.24) is 15.2 Å². The monoisotopic (exact) mass is 413 g/mol. The van der Waals surface area contributed by atoms with Gasteiger partial charge in [0.15, 0.2) is 0 Å². The van der Waals surface area contributed by atoms with Crippen LogP contribution in [0.25, 0.3) is 10.9 Å². The first-order valence-corrected chi connectivity index (χ1v) is 11.6. The molecular weight excluding hydrogens is 382 g/mol. The van der Waals surface area contributed by atoms with E-state index in [-0.39, 0.29) is 11.9 Å². The zero-order valence-corrected chi connectivity index (χ0v) is 18.2. The molecule has 2 aromatic carbocycles. The van der Waals surface area contributed by atoms with Crippen LogP contribution in [-0.4, -0.2) is 28.4 Å². The van der Waals surface area contributed by atoms with Crippen LogP contribution in [0.1, 0.15) is 66.6 Å². The number of likely N-dealkylation sites (N-methyl/N-ethyl adjacent to an activating group) is 1. The highest BCUT2D eigenvalue weighted by atomic mass is 16.2. The molecular formula is C27H31N3O. The number of aromatic amines is 1. The molecule has 160 valence electrons. The molecule has 0 spiro atoms. The highest BCUT2D eigenvalue weighted by Gasteiger charge is 2.27. The lowest BCUT2D eigenvalue weighted by atomic mass is 9.98. The highest BCUT2D eigenvalue weighted by Crippen LogP contribution is 2.41. The average molecular weight is 414 g/mol. The molecule has 1 saturated carbocycles. The van der Waals surface area contributed by atoms with E-state index >= 15 is 0 Å². The van der Waals surface area contributed by atoms with E-state index in [4.69, 9.17) is 0 Å². The average Bonchev–Trinajstić information content (AvgIpc) is 3.57. The van der Waals surface area contributed by atoms with E-state index in [9.17, 15) is 4.79 Å². The molecule has 1 fully saturated rings. The lowest BCUT2D eigenvalue weighted by Gasteiger charge is -2.32. The number of aromatic nitrogens is 1. The molecule has 31 heavy (non-hydrogen) atoms. The molecule has 0 saturated heterocycles. The number of carbonyl (C=O) groups is 1. The third-order valence-corrected chi connectivity index (χ3v) is 6.63. The van der Waals surface area contributed by atoms with Crippen LogP contribution in [-0.2, 0) is 6.54 Å². The summed E-state index contributed by atoms with van der Waals surface area (Å²) in [7, 11) is 0. The van der Waals surface area contributed by atoms with E-state index in [1.54, 1.807) is 0 Å². The topological polar surface area (TPSA) is 48.1 Å². The predicted octanol–water partition coefficient (Wildman–Crippen LogP) is 5.73. The van der Waals surface area contributed by atoms with E-state index in [1.807, 2.05) is 17.0 Å². The number of rotatable bonds is 7. The van der Waals surface area contributed by atoms with Crippen molar-refractivity contribution in [2.75, 3.05) is 6.54 Å². The second-order valence-electron chi connectivity index (χ2n) is 8.89. The number of allylic oxidation sites excluding steroid dienone is 1. The zero-order valence-electron chi connectivity index (χ0n) is 18.2. The van der Waals surface area contributed by atoms with E-state index in [0.717, 1.165) is 42.6 Å². The van der Waals surface area contributed by atoms with Crippen LogP contribution in [0.3, 0.4) is 0 Å². The molecule has 2 N–H and O–H groups in total. The molecule has 0 radical (unpaired) electrons. The fourth-order valence-corrected chi connectivity index (χ4v) is 4.73. The third kappa shape index (κ3) is 4.39. The van der Waals surface area contributed by atoms with Gasteiger partial charge in [0.2, 0.25) is 0 Å². The summed E-state index contributed by atoms with van der Waals surface area (Å²) in [5.74, 6) is 0.817. The molecule has 0 aliphatic heterocycles. The number of amides is 1. The van der Waals surface area contributed by atoms with Crippen molar-refractivity contribution in [3.63, 3.8) is 0 Å². The van der Waals surface area contributed by atoms with E-state index in [2.05, 4.69) is 65.8 Å². The van der Waals surface area contributed by atoms with Crippen molar-refractivity contribution in [3.8, 4) is 0 Å². The van der Waals surface area contributed by atoms with Crippen LogP contribution >= 0.6 is 0 Å². The maximum Gasteiger partial charge on any atom is 0.270 e. The molecule has 1 heterocycles. The van der Waals surface area contributed by atoms with Crippen molar-refractivity contribution < 1.29 is 4.79 Å². The maximum atomic E-state index is 13.4. The fourth-order valence-electron chi connectivity index (χ4n) is 4.73. The molecule has 3 aromatic rings. The highest BCUT2D eigenvalue weighted by molar-refractivity contribution is 5.98. The second-order valence-corrected chi connectivity index (χ2v) is 8.89. The van der Waals surface area contributed by atoms with Gasteiger partial charge >= 0.3 is 0 Å². The number of fused-ring (bicyclic) bond motifs is 1. The Labute approximate surface area is 184 Å². The largest absolute Gasteiger partial charge is 0.384 e. The first kappa shape index (κ1) is 19.9. The molecule has 1 amide bonds. The molecule has 0 unspecified atom stereocenters. The second kappa shape index (κ2) is 8.62. The first-order valence-electron chi connectivity index (χ1n) is 11.6. The van der Waals surface area contributed by atoms with Crippen LogP contribution in [0, 0.1) is 0 Å². The van der Waals surface area contributed by atoms with Crippen molar-refractivity contribution in [3.05, 3.63) is 83.2 Å². The smallest absolute Gasteiger partial charge is 0.270 e. The number of nitrogens with zero attached hydrogens (tertiary/aromatic N) is 1. The van der Waals surface area contributed by atoms with Gasteiger partial charge < -0.3 is 15.2 Å².